The quantitative estimate of drug-likeness (QED) is 0.788. The molecule has 1 aromatic carbocycles. The number of halogens is 1. The average Bonchev–Trinajstić information content (AvgIpc) is 2.09. The molecule has 3 heteroatoms. The molecule has 14 heavy (non-hydrogen) atoms. The SMILES string of the molecule is Fc1cccc(NCCN2CCC2)c1. The summed E-state index contributed by atoms with van der Waals surface area (Å²) >= 11 is 0. The summed E-state index contributed by atoms with van der Waals surface area (Å²) in [4.78, 5) is 2.38. The number of anilines is 1. The van der Waals surface area contributed by atoms with Gasteiger partial charge in [-0.1, -0.05) is 6.07 Å². The predicted molar refractivity (Wildman–Crippen MR) is 55.9 cm³/mol. The molecule has 0 amide bonds. The van der Waals surface area contributed by atoms with Gasteiger partial charge in [0.1, 0.15) is 5.82 Å². The van der Waals surface area contributed by atoms with Crippen LogP contribution in [0.4, 0.5) is 10.1 Å². The fourth-order valence-corrected chi connectivity index (χ4v) is 1.56. The molecule has 1 saturated heterocycles. The number of hydrogen-bond donors (Lipinski definition) is 1. The number of nitrogens with one attached hydrogen (secondary N) is 1. The molecule has 0 aliphatic carbocycles. The van der Waals surface area contributed by atoms with E-state index in [1.165, 1.54) is 31.6 Å². The van der Waals surface area contributed by atoms with E-state index in [1.807, 2.05) is 6.07 Å². The molecule has 0 atom stereocenters. The fourth-order valence-electron chi connectivity index (χ4n) is 1.56. The van der Waals surface area contributed by atoms with Crippen LogP contribution in [-0.2, 0) is 0 Å². The lowest BCUT2D eigenvalue weighted by atomic mass is 10.2. The van der Waals surface area contributed by atoms with E-state index in [4.69, 9.17) is 0 Å². The van der Waals surface area contributed by atoms with E-state index in [0.717, 1.165) is 18.8 Å². The van der Waals surface area contributed by atoms with Gasteiger partial charge in [-0.25, -0.2) is 4.39 Å². The Kier molecular flexibility index (Phi) is 2.99. The smallest absolute Gasteiger partial charge is 0.125 e. The van der Waals surface area contributed by atoms with Crippen molar-refractivity contribution in [3.63, 3.8) is 0 Å². The van der Waals surface area contributed by atoms with Gasteiger partial charge in [0.25, 0.3) is 0 Å². The second-order valence-electron chi connectivity index (χ2n) is 3.63. The van der Waals surface area contributed by atoms with Crippen LogP contribution in [0.25, 0.3) is 0 Å². The Morgan fingerprint density at radius 2 is 2.21 bits per heavy atom. The van der Waals surface area contributed by atoms with Crippen molar-refractivity contribution in [2.75, 3.05) is 31.5 Å². The van der Waals surface area contributed by atoms with Crippen molar-refractivity contribution in [3.05, 3.63) is 30.1 Å². The zero-order valence-electron chi connectivity index (χ0n) is 8.17. The summed E-state index contributed by atoms with van der Waals surface area (Å²) in [6.07, 6.45) is 1.32. The number of hydrogen-bond acceptors (Lipinski definition) is 2. The molecule has 0 bridgehead atoms. The van der Waals surface area contributed by atoms with Gasteiger partial charge in [0.15, 0.2) is 0 Å². The predicted octanol–water partition coefficient (Wildman–Crippen LogP) is 1.94. The lowest BCUT2D eigenvalue weighted by Crippen LogP contribution is -2.40. The van der Waals surface area contributed by atoms with E-state index in [-0.39, 0.29) is 5.82 Å². The molecule has 0 aromatic heterocycles. The Morgan fingerprint density at radius 3 is 2.86 bits per heavy atom. The van der Waals surface area contributed by atoms with E-state index in [1.54, 1.807) is 6.07 Å². The van der Waals surface area contributed by atoms with Crippen LogP contribution >= 0.6 is 0 Å². The van der Waals surface area contributed by atoms with Crippen molar-refractivity contribution in [2.24, 2.45) is 0 Å². The minimum absolute atomic E-state index is 0.182. The van der Waals surface area contributed by atoms with E-state index in [0.29, 0.717) is 0 Å². The van der Waals surface area contributed by atoms with Crippen LogP contribution in [0.3, 0.4) is 0 Å². The zero-order chi connectivity index (χ0) is 9.80. The van der Waals surface area contributed by atoms with Crippen molar-refractivity contribution >= 4 is 5.69 Å². The molecule has 0 spiro atoms. The molecule has 1 fully saturated rings. The summed E-state index contributed by atoms with van der Waals surface area (Å²) in [6.45, 7) is 4.37. The summed E-state index contributed by atoms with van der Waals surface area (Å²) in [5, 5.41) is 3.20. The highest BCUT2D eigenvalue weighted by Gasteiger charge is 2.11. The van der Waals surface area contributed by atoms with Crippen molar-refractivity contribution in [3.8, 4) is 0 Å². The normalized spacial score (nSPS) is 16.4. The molecule has 1 aliphatic heterocycles. The maximum Gasteiger partial charge on any atom is 0.125 e. The van der Waals surface area contributed by atoms with Crippen LogP contribution < -0.4 is 5.32 Å². The summed E-state index contributed by atoms with van der Waals surface area (Å²) in [5.74, 6) is -0.182. The van der Waals surface area contributed by atoms with Gasteiger partial charge in [-0.05, 0) is 37.7 Å². The standard InChI is InChI=1S/C11H15FN2/c12-10-3-1-4-11(9-10)13-5-8-14-6-2-7-14/h1,3-4,9,13H,2,5-8H2. The van der Waals surface area contributed by atoms with Crippen LogP contribution in [0.2, 0.25) is 0 Å². The maximum absolute atomic E-state index is 12.8. The Morgan fingerprint density at radius 1 is 1.36 bits per heavy atom. The molecule has 0 unspecified atom stereocenters. The van der Waals surface area contributed by atoms with Gasteiger partial charge in [-0.2, -0.15) is 0 Å². The van der Waals surface area contributed by atoms with Crippen molar-refractivity contribution in [1.29, 1.82) is 0 Å². The third kappa shape index (κ3) is 2.45. The molecular weight excluding hydrogens is 179 g/mol. The van der Waals surface area contributed by atoms with Crippen molar-refractivity contribution < 1.29 is 4.39 Å². The number of benzene rings is 1. The minimum Gasteiger partial charge on any atom is -0.384 e. The molecular formula is C11H15FN2. The molecule has 2 rings (SSSR count). The lowest BCUT2D eigenvalue weighted by Gasteiger charge is -2.30. The highest BCUT2D eigenvalue weighted by atomic mass is 19.1. The number of likely N-dealkylation sites (tertiary alicyclic amines) is 1. The monoisotopic (exact) mass is 194 g/mol. The first kappa shape index (κ1) is 9.46. The molecule has 2 nitrogen and oxygen atoms in total. The Labute approximate surface area is 83.7 Å². The van der Waals surface area contributed by atoms with Crippen LogP contribution in [0.5, 0.6) is 0 Å². The van der Waals surface area contributed by atoms with Crippen molar-refractivity contribution in [1.82, 2.24) is 4.90 Å². The van der Waals surface area contributed by atoms with E-state index < -0.39 is 0 Å². The minimum atomic E-state index is -0.182. The van der Waals surface area contributed by atoms with Crippen LogP contribution in [0, 0.1) is 5.82 Å². The van der Waals surface area contributed by atoms with E-state index >= 15 is 0 Å². The molecule has 1 aromatic rings. The summed E-state index contributed by atoms with van der Waals surface area (Å²) in [6, 6.07) is 6.59. The molecule has 1 N–H and O–H groups in total. The Hall–Kier alpha value is -1.09. The highest BCUT2D eigenvalue weighted by Crippen LogP contribution is 2.09. The summed E-state index contributed by atoms with van der Waals surface area (Å²) in [7, 11) is 0. The highest BCUT2D eigenvalue weighted by molar-refractivity contribution is 5.42. The van der Waals surface area contributed by atoms with E-state index in [9.17, 15) is 4.39 Å². The molecule has 0 saturated carbocycles. The van der Waals surface area contributed by atoms with E-state index in [2.05, 4.69) is 10.2 Å². The molecule has 0 radical (unpaired) electrons. The van der Waals surface area contributed by atoms with Gasteiger partial charge in [-0.15, -0.1) is 0 Å². The summed E-state index contributed by atoms with van der Waals surface area (Å²) in [5.41, 5.74) is 0.866. The second kappa shape index (κ2) is 4.42. The van der Waals surface area contributed by atoms with Gasteiger partial charge in [-0.3, -0.25) is 0 Å². The maximum atomic E-state index is 12.8. The Balaban J connectivity index is 1.74. The van der Waals surface area contributed by atoms with Crippen LogP contribution in [0.1, 0.15) is 6.42 Å². The van der Waals surface area contributed by atoms with Crippen molar-refractivity contribution in [2.45, 2.75) is 6.42 Å². The third-order valence-electron chi connectivity index (χ3n) is 2.53. The average molecular weight is 194 g/mol. The van der Waals surface area contributed by atoms with Gasteiger partial charge < -0.3 is 10.2 Å². The second-order valence-corrected chi connectivity index (χ2v) is 3.63. The molecule has 1 heterocycles. The summed E-state index contributed by atoms with van der Waals surface area (Å²) < 4.78 is 12.8. The van der Waals surface area contributed by atoms with Gasteiger partial charge in [0.05, 0.1) is 0 Å². The molecule has 1 aliphatic rings. The number of nitrogens with zero attached hydrogens (tertiary/aromatic N) is 1. The first-order valence-electron chi connectivity index (χ1n) is 5.06. The van der Waals surface area contributed by atoms with Crippen LogP contribution in [-0.4, -0.2) is 31.1 Å². The number of rotatable bonds is 4. The zero-order valence-corrected chi connectivity index (χ0v) is 8.17. The lowest BCUT2D eigenvalue weighted by molar-refractivity contribution is 0.189. The van der Waals surface area contributed by atoms with Crippen LogP contribution in [0.15, 0.2) is 24.3 Å². The topological polar surface area (TPSA) is 15.3 Å². The fraction of sp³-hybridized carbons (Fsp3) is 0.455. The first-order valence-corrected chi connectivity index (χ1v) is 5.06. The molecule has 76 valence electrons. The third-order valence-corrected chi connectivity index (χ3v) is 2.53. The van der Waals surface area contributed by atoms with Gasteiger partial charge in [0.2, 0.25) is 0 Å². The largest absolute Gasteiger partial charge is 0.384 e. The van der Waals surface area contributed by atoms with Gasteiger partial charge in [0, 0.05) is 18.8 Å². The Bertz CT molecular complexity index is 297. The van der Waals surface area contributed by atoms with Gasteiger partial charge >= 0.3 is 0 Å². The first-order chi connectivity index (χ1) is 6.84.